The van der Waals surface area contributed by atoms with Crippen LogP contribution < -0.4 is 5.73 Å². The number of aromatic nitrogens is 2. The van der Waals surface area contributed by atoms with E-state index >= 15 is 0 Å². The van der Waals surface area contributed by atoms with Gasteiger partial charge in [0.15, 0.2) is 5.82 Å². The standard InChI is InChI=1S/C14H12FN3/c15-14-11(5-3-6-12(14)16)9-18-13-7-2-1-4-10(13)8-17-18/h1-8H,9,16H2. The number of nitrogens with zero attached hydrogens (tertiary/aromatic N) is 2. The van der Waals surface area contributed by atoms with Crippen LogP contribution in [0.5, 0.6) is 0 Å². The van der Waals surface area contributed by atoms with Gasteiger partial charge in [0.1, 0.15) is 0 Å². The minimum absolute atomic E-state index is 0.170. The summed E-state index contributed by atoms with van der Waals surface area (Å²) in [5, 5.41) is 5.31. The van der Waals surface area contributed by atoms with Crippen LogP contribution in [-0.4, -0.2) is 9.78 Å². The molecule has 0 aliphatic heterocycles. The largest absolute Gasteiger partial charge is 0.396 e. The van der Waals surface area contributed by atoms with Crippen LogP contribution in [0.3, 0.4) is 0 Å². The van der Waals surface area contributed by atoms with Gasteiger partial charge in [-0.2, -0.15) is 5.10 Å². The van der Waals surface area contributed by atoms with Gasteiger partial charge < -0.3 is 5.73 Å². The second-order valence-corrected chi connectivity index (χ2v) is 4.18. The maximum Gasteiger partial charge on any atom is 0.151 e. The van der Waals surface area contributed by atoms with Crippen LogP contribution >= 0.6 is 0 Å². The number of fused-ring (bicyclic) bond motifs is 1. The van der Waals surface area contributed by atoms with Crippen molar-refractivity contribution in [1.29, 1.82) is 0 Å². The van der Waals surface area contributed by atoms with E-state index in [9.17, 15) is 4.39 Å². The Balaban J connectivity index is 2.04. The van der Waals surface area contributed by atoms with Gasteiger partial charge in [0.25, 0.3) is 0 Å². The Morgan fingerprint density at radius 2 is 1.94 bits per heavy atom. The average molecular weight is 241 g/mol. The molecule has 0 radical (unpaired) electrons. The van der Waals surface area contributed by atoms with E-state index in [1.165, 1.54) is 0 Å². The molecule has 0 bridgehead atoms. The summed E-state index contributed by atoms with van der Waals surface area (Å²) >= 11 is 0. The third-order valence-electron chi connectivity index (χ3n) is 2.98. The summed E-state index contributed by atoms with van der Waals surface area (Å²) in [4.78, 5) is 0. The van der Waals surface area contributed by atoms with Crippen LogP contribution in [0.25, 0.3) is 10.9 Å². The van der Waals surface area contributed by atoms with E-state index < -0.39 is 0 Å². The third kappa shape index (κ3) is 1.72. The Hall–Kier alpha value is -2.36. The quantitative estimate of drug-likeness (QED) is 0.701. The smallest absolute Gasteiger partial charge is 0.151 e. The Bertz CT molecular complexity index is 703. The number of nitrogen functional groups attached to an aromatic ring is 1. The molecule has 0 aliphatic carbocycles. The molecule has 1 aromatic heterocycles. The van der Waals surface area contributed by atoms with Crippen LogP contribution in [0.2, 0.25) is 0 Å². The first kappa shape index (κ1) is 10.8. The molecule has 0 atom stereocenters. The summed E-state index contributed by atoms with van der Waals surface area (Å²) in [5.74, 6) is -0.364. The third-order valence-corrected chi connectivity index (χ3v) is 2.98. The molecule has 0 saturated carbocycles. The Kier molecular flexibility index (Phi) is 2.48. The zero-order valence-corrected chi connectivity index (χ0v) is 9.68. The van der Waals surface area contributed by atoms with Gasteiger partial charge in [-0.1, -0.05) is 30.3 Å². The summed E-state index contributed by atoms with van der Waals surface area (Å²) in [5.41, 5.74) is 7.26. The van der Waals surface area contributed by atoms with Crippen molar-refractivity contribution >= 4 is 16.6 Å². The molecule has 0 saturated heterocycles. The molecule has 0 fully saturated rings. The van der Waals surface area contributed by atoms with Crippen molar-refractivity contribution in [3.8, 4) is 0 Å². The van der Waals surface area contributed by atoms with Crippen molar-refractivity contribution in [2.75, 3.05) is 5.73 Å². The predicted octanol–water partition coefficient (Wildman–Crippen LogP) is 2.81. The van der Waals surface area contributed by atoms with Crippen molar-refractivity contribution in [1.82, 2.24) is 9.78 Å². The maximum atomic E-state index is 13.8. The Morgan fingerprint density at radius 3 is 2.83 bits per heavy atom. The topological polar surface area (TPSA) is 43.8 Å². The van der Waals surface area contributed by atoms with E-state index in [1.54, 1.807) is 29.1 Å². The number of nitrogens with two attached hydrogens (primary N) is 1. The molecular formula is C14H12FN3. The molecule has 1 heterocycles. The zero-order chi connectivity index (χ0) is 12.5. The van der Waals surface area contributed by atoms with Crippen molar-refractivity contribution < 1.29 is 4.39 Å². The van der Waals surface area contributed by atoms with Crippen molar-refractivity contribution in [3.63, 3.8) is 0 Å². The molecule has 0 unspecified atom stereocenters. The van der Waals surface area contributed by atoms with Gasteiger partial charge in [0.2, 0.25) is 0 Å². The molecule has 18 heavy (non-hydrogen) atoms. The Labute approximate surface area is 104 Å². The van der Waals surface area contributed by atoms with Gasteiger partial charge >= 0.3 is 0 Å². The Morgan fingerprint density at radius 1 is 1.11 bits per heavy atom. The van der Waals surface area contributed by atoms with Gasteiger partial charge in [-0.15, -0.1) is 0 Å². The lowest BCUT2D eigenvalue weighted by atomic mass is 10.2. The van der Waals surface area contributed by atoms with Crippen LogP contribution in [-0.2, 0) is 6.54 Å². The van der Waals surface area contributed by atoms with E-state index in [-0.39, 0.29) is 11.5 Å². The van der Waals surface area contributed by atoms with Crippen molar-refractivity contribution in [3.05, 3.63) is 60.0 Å². The average Bonchev–Trinajstić information content (AvgIpc) is 2.79. The summed E-state index contributed by atoms with van der Waals surface area (Å²) in [6, 6.07) is 12.9. The summed E-state index contributed by atoms with van der Waals surface area (Å²) in [7, 11) is 0. The van der Waals surface area contributed by atoms with Gasteiger partial charge in [-0.05, 0) is 12.1 Å². The minimum atomic E-state index is -0.364. The fourth-order valence-electron chi connectivity index (χ4n) is 2.03. The van der Waals surface area contributed by atoms with Gasteiger partial charge in [0.05, 0.1) is 23.9 Å². The number of halogens is 1. The number of anilines is 1. The molecule has 3 rings (SSSR count). The molecule has 90 valence electrons. The highest BCUT2D eigenvalue weighted by Crippen LogP contribution is 2.18. The molecule has 0 amide bonds. The minimum Gasteiger partial charge on any atom is -0.396 e. The van der Waals surface area contributed by atoms with Crippen molar-refractivity contribution in [2.24, 2.45) is 0 Å². The maximum absolute atomic E-state index is 13.8. The van der Waals surface area contributed by atoms with Gasteiger partial charge in [-0.3, -0.25) is 4.68 Å². The number of rotatable bonds is 2. The second-order valence-electron chi connectivity index (χ2n) is 4.18. The molecule has 2 N–H and O–H groups in total. The lowest BCUT2D eigenvalue weighted by Crippen LogP contribution is -2.05. The fraction of sp³-hybridized carbons (Fsp3) is 0.0714. The molecule has 3 aromatic rings. The predicted molar refractivity (Wildman–Crippen MR) is 69.6 cm³/mol. The summed E-state index contributed by atoms with van der Waals surface area (Å²) in [6.07, 6.45) is 1.78. The van der Waals surface area contributed by atoms with E-state index in [2.05, 4.69) is 5.10 Å². The first-order valence-corrected chi connectivity index (χ1v) is 5.69. The first-order valence-electron chi connectivity index (χ1n) is 5.69. The van der Waals surface area contributed by atoms with Crippen molar-refractivity contribution in [2.45, 2.75) is 6.54 Å². The van der Waals surface area contributed by atoms with Crippen LogP contribution in [0.15, 0.2) is 48.7 Å². The lowest BCUT2D eigenvalue weighted by molar-refractivity contribution is 0.594. The van der Waals surface area contributed by atoms with E-state index in [4.69, 9.17) is 5.73 Å². The van der Waals surface area contributed by atoms with Crippen LogP contribution in [0.1, 0.15) is 5.56 Å². The number of benzene rings is 2. The number of hydrogen-bond acceptors (Lipinski definition) is 2. The molecule has 0 aliphatic rings. The molecule has 4 heteroatoms. The van der Waals surface area contributed by atoms with E-state index in [1.807, 2.05) is 24.3 Å². The zero-order valence-electron chi connectivity index (χ0n) is 9.68. The van der Waals surface area contributed by atoms with Gasteiger partial charge in [-0.25, -0.2) is 4.39 Å². The van der Waals surface area contributed by atoms with E-state index in [0.29, 0.717) is 12.1 Å². The van der Waals surface area contributed by atoms with Gasteiger partial charge in [0, 0.05) is 10.9 Å². The van der Waals surface area contributed by atoms with E-state index in [0.717, 1.165) is 10.9 Å². The van der Waals surface area contributed by atoms with Crippen LogP contribution in [0, 0.1) is 5.82 Å². The molecule has 3 nitrogen and oxygen atoms in total. The van der Waals surface area contributed by atoms with Crippen LogP contribution in [0.4, 0.5) is 10.1 Å². The fourth-order valence-corrected chi connectivity index (χ4v) is 2.03. The molecule has 2 aromatic carbocycles. The monoisotopic (exact) mass is 241 g/mol. The summed E-state index contributed by atoms with van der Waals surface area (Å²) < 4.78 is 15.6. The second kappa shape index (κ2) is 4.14. The first-order chi connectivity index (χ1) is 8.75. The highest BCUT2D eigenvalue weighted by Gasteiger charge is 2.08. The molecule has 0 spiro atoms. The number of para-hydroxylation sites is 1. The SMILES string of the molecule is Nc1cccc(Cn2ncc3ccccc32)c1F. The molecular weight excluding hydrogens is 229 g/mol. The summed E-state index contributed by atoms with van der Waals surface area (Å²) in [6.45, 7) is 0.379. The highest BCUT2D eigenvalue weighted by atomic mass is 19.1. The normalized spacial score (nSPS) is 10.9. The lowest BCUT2D eigenvalue weighted by Gasteiger charge is -2.06. The number of hydrogen-bond donors (Lipinski definition) is 1. The highest BCUT2D eigenvalue weighted by molar-refractivity contribution is 5.78.